The second kappa shape index (κ2) is 3.98. The van der Waals surface area contributed by atoms with Gasteiger partial charge in [0.05, 0.1) is 12.6 Å². The molecule has 1 atom stereocenters. The molecular weight excluding hydrogens is 202 g/mol. The van der Waals surface area contributed by atoms with Crippen LogP contribution in [0.4, 0.5) is 0 Å². The molecule has 1 aliphatic heterocycles. The molecule has 3 nitrogen and oxygen atoms in total. The van der Waals surface area contributed by atoms with E-state index in [4.69, 9.17) is 9.47 Å². The summed E-state index contributed by atoms with van der Waals surface area (Å²) < 4.78 is 11.2. The summed E-state index contributed by atoms with van der Waals surface area (Å²) in [7, 11) is 0. The van der Waals surface area contributed by atoms with Gasteiger partial charge in [-0.1, -0.05) is 0 Å². The molecule has 0 bridgehead atoms. The second-order valence-electron chi connectivity index (χ2n) is 4.44. The zero-order valence-electron chi connectivity index (χ0n) is 9.53. The van der Waals surface area contributed by atoms with Crippen molar-refractivity contribution in [1.82, 2.24) is 5.32 Å². The third-order valence-corrected chi connectivity index (χ3v) is 3.09. The van der Waals surface area contributed by atoms with Gasteiger partial charge >= 0.3 is 0 Å². The highest BCUT2D eigenvalue weighted by Crippen LogP contribution is 2.37. The average molecular weight is 219 g/mol. The van der Waals surface area contributed by atoms with Crippen molar-refractivity contribution < 1.29 is 9.47 Å². The molecule has 1 aromatic rings. The van der Waals surface area contributed by atoms with E-state index in [1.54, 1.807) is 0 Å². The van der Waals surface area contributed by atoms with E-state index in [1.165, 1.54) is 18.4 Å². The molecule has 3 heteroatoms. The topological polar surface area (TPSA) is 30.5 Å². The van der Waals surface area contributed by atoms with Gasteiger partial charge in [-0.25, -0.2) is 0 Å². The molecule has 3 rings (SSSR count). The van der Waals surface area contributed by atoms with Gasteiger partial charge in [-0.05, 0) is 38.0 Å². The van der Waals surface area contributed by atoms with E-state index < -0.39 is 0 Å². The minimum absolute atomic E-state index is 0.350. The van der Waals surface area contributed by atoms with Gasteiger partial charge in [0.2, 0.25) is 0 Å². The number of nitrogens with one attached hydrogen (secondary N) is 1. The first-order valence-electron chi connectivity index (χ1n) is 6.02. The molecular formula is C13H17NO2. The van der Waals surface area contributed by atoms with Gasteiger partial charge in [-0.3, -0.25) is 0 Å². The Morgan fingerprint density at radius 1 is 1.44 bits per heavy atom. The third kappa shape index (κ3) is 1.87. The number of hydrogen-bond donors (Lipinski definition) is 1. The first-order valence-corrected chi connectivity index (χ1v) is 6.02. The summed E-state index contributed by atoms with van der Waals surface area (Å²) in [6.07, 6.45) is 2.61. The lowest BCUT2D eigenvalue weighted by atomic mass is 10.1. The lowest BCUT2D eigenvalue weighted by Crippen LogP contribution is -2.24. The van der Waals surface area contributed by atoms with Gasteiger partial charge in [0.25, 0.3) is 0 Å². The maximum absolute atomic E-state index is 5.65. The molecule has 1 unspecified atom stereocenters. The molecule has 0 radical (unpaired) electrons. The fraction of sp³-hybridized carbons (Fsp3) is 0.538. The predicted molar refractivity (Wildman–Crippen MR) is 62.0 cm³/mol. The Labute approximate surface area is 95.8 Å². The first-order chi connectivity index (χ1) is 7.86. The van der Waals surface area contributed by atoms with Crippen molar-refractivity contribution in [1.29, 1.82) is 0 Å². The van der Waals surface area contributed by atoms with Gasteiger partial charge in [0.1, 0.15) is 18.1 Å². The number of benzene rings is 1. The number of ether oxygens (including phenoxy) is 2. The second-order valence-corrected chi connectivity index (χ2v) is 4.44. The molecule has 1 aliphatic carbocycles. The van der Waals surface area contributed by atoms with Crippen LogP contribution < -0.4 is 14.8 Å². The molecule has 1 heterocycles. The maximum Gasteiger partial charge on any atom is 0.124 e. The van der Waals surface area contributed by atoms with E-state index in [9.17, 15) is 0 Å². The van der Waals surface area contributed by atoms with Crippen LogP contribution in [-0.2, 0) is 0 Å². The Morgan fingerprint density at radius 3 is 3.06 bits per heavy atom. The molecule has 0 amide bonds. The number of hydrogen-bond acceptors (Lipinski definition) is 3. The van der Waals surface area contributed by atoms with Gasteiger partial charge in [-0.2, -0.15) is 0 Å². The Balaban J connectivity index is 1.81. The molecule has 1 saturated carbocycles. The monoisotopic (exact) mass is 219 g/mol. The van der Waals surface area contributed by atoms with Crippen molar-refractivity contribution in [2.75, 3.05) is 13.2 Å². The van der Waals surface area contributed by atoms with Crippen molar-refractivity contribution in [3.63, 3.8) is 0 Å². The van der Waals surface area contributed by atoms with E-state index in [0.717, 1.165) is 18.1 Å². The predicted octanol–water partition coefficient (Wildman–Crippen LogP) is 2.27. The quantitative estimate of drug-likeness (QED) is 0.842. The summed E-state index contributed by atoms with van der Waals surface area (Å²) >= 11 is 0. The molecule has 2 aliphatic rings. The summed E-state index contributed by atoms with van der Waals surface area (Å²) in [4.78, 5) is 0. The highest BCUT2D eigenvalue weighted by Gasteiger charge is 2.30. The van der Waals surface area contributed by atoms with Crippen molar-refractivity contribution in [3.8, 4) is 11.5 Å². The van der Waals surface area contributed by atoms with Crippen LogP contribution in [-0.4, -0.2) is 19.3 Å². The lowest BCUT2D eigenvalue weighted by molar-refractivity contribution is 0.310. The molecule has 0 aromatic heterocycles. The van der Waals surface area contributed by atoms with Crippen LogP contribution >= 0.6 is 0 Å². The van der Waals surface area contributed by atoms with Crippen LogP contribution in [0.15, 0.2) is 18.2 Å². The van der Waals surface area contributed by atoms with Crippen LogP contribution in [0.3, 0.4) is 0 Å². The number of rotatable bonds is 4. The zero-order chi connectivity index (χ0) is 11.0. The minimum atomic E-state index is 0.350. The van der Waals surface area contributed by atoms with E-state index in [2.05, 4.69) is 11.4 Å². The summed E-state index contributed by atoms with van der Waals surface area (Å²) in [5.74, 6) is 1.94. The van der Waals surface area contributed by atoms with E-state index in [1.807, 2.05) is 19.1 Å². The van der Waals surface area contributed by atoms with E-state index in [-0.39, 0.29) is 0 Å². The Hall–Kier alpha value is -1.22. The standard InChI is InChI=1S/C13H17NO2/c1-2-15-10-5-6-13-11(7-10)12(8-16-13)14-9-3-4-9/h5-7,9,12,14H,2-4,8H2,1H3. The molecule has 1 N–H and O–H groups in total. The highest BCUT2D eigenvalue weighted by molar-refractivity contribution is 5.44. The van der Waals surface area contributed by atoms with Gasteiger partial charge in [0.15, 0.2) is 0 Å². The summed E-state index contributed by atoms with van der Waals surface area (Å²) in [6, 6.07) is 7.14. The largest absolute Gasteiger partial charge is 0.494 e. The van der Waals surface area contributed by atoms with Crippen molar-refractivity contribution in [2.24, 2.45) is 0 Å². The summed E-state index contributed by atoms with van der Waals surface area (Å²) in [5, 5.41) is 3.60. The van der Waals surface area contributed by atoms with Gasteiger partial charge in [0, 0.05) is 11.6 Å². The first kappa shape index (κ1) is 9.97. The number of fused-ring (bicyclic) bond motifs is 1. The Bertz CT molecular complexity index is 388. The summed E-state index contributed by atoms with van der Waals surface area (Å²) in [5.41, 5.74) is 1.25. The maximum atomic E-state index is 5.65. The van der Waals surface area contributed by atoms with Crippen LogP contribution in [0.25, 0.3) is 0 Å². The Morgan fingerprint density at radius 2 is 2.31 bits per heavy atom. The smallest absolute Gasteiger partial charge is 0.124 e. The normalized spacial score (nSPS) is 22.7. The fourth-order valence-electron chi connectivity index (χ4n) is 2.12. The van der Waals surface area contributed by atoms with Crippen LogP contribution in [0.2, 0.25) is 0 Å². The molecule has 0 saturated heterocycles. The SMILES string of the molecule is CCOc1ccc2c(c1)C(NC1CC1)CO2. The summed E-state index contributed by atoms with van der Waals surface area (Å²) in [6.45, 7) is 3.46. The van der Waals surface area contributed by atoms with E-state index in [0.29, 0.717) is 18.7 Å². The molecule has 1 aromatic carbocycles. The highest BCUT2D eigenvalue weighted by atomic mass is 16.5. The average Bonchev–Trinajstić information content (AvgIpc) is 3.01. The zero-order valence-corrected chi connectivity index (χ0v) is 9.53. The van der Waals surface area contributed by atoms with Crippen LogP contribution in [0.1, 0.15) is 31.4 Å². The molecule has 1 fully saturated rings. The van der Waals surface area contributed by atoms with Crippen molar-refractivity contribution in [2.45, 2.75) is 31.8 Å². The van der Waals surface area contributed by atoms with E-state index >= 15 is 0 Å². The van der Waals surface area contributed by atoms with Crippen molar-refractivity contribution in [3.05, 3.63) is 23.8 Å². The van der Waals surface area contributed by atoms with Crippen LogP contribution in [0, 0.1) is 0 Å². The molecule has 86 valence electrons. The van der Waals surface area contributed by atoms with Crippen LogP contribution in [0.5, 0.6) is 11.5 Å². The van der Waals surface area contributed by atoms with Gasteiger partial charge < -0.3 is 14.8 Å². The molecule has 0 spiro atoms. The lowest BCUT2D eigenvalue weighted by Gasteiger charge is -2.11. The molecule has 16 heavy (non-hydrogen) atoms. The van der Waals surface area contributed by atoms with Gasteiger partial charge in [-0.15, -0.1) is 0 Å². The minimum Gasteiger partial charge on any atom is -0.494 e. The van der Waals surface area contributed by atoms with Crippen molar-refractivity contribution >= 4 is 0 Å². The Kier molecular flexibility index (Phi) is 2.48. The fourth-order valence-corrected chi connectivity index (χ4v) is 2.12. The third-order valence-electron chi connectivity index (χ3n) is 3.09.